The third-order valence-electron chi connectivity index (χ3n) is 7.59. The normalized spacial score (nSPS) is 16.8. The number of allylic oxidation sites excluding steroid dienone is 2. The van der Waals surface area contributed by atoms with Gasteiger partial charge in [-0.15, -0.1) is 0 Å². The maximum absolute atomic E-state index is 5.84. The first-order valence-electron chi connectivity index (χ1n) is 13.0. The number of hydrogen-bond acceptors (Lipinski definition) is 1. The van der Waals surface area contributed by atoms with Crippen LogP contribution in [0.1, 0.15) is 120 Å². The molecule has 0 aromatic rings. The average Bonchev–Trinajstić information content (AvgIpc) is 2.76. The number of hydrogen-bond donors (Lipinski definition) is 0. The molecule has 0 N–H and O–H groups in total. The molecule has 0 radical (unpaired) electrons. The first-order chi connectivity index (χ1) is 14.0. The van der Waals surface area contributed by atoms with Crippen molar-refractivity contribution in [3.8, 4) is 0 Å². The molecule has 1 heteroatoms. The van der Waals surface area contributed by atoms with Gasteiger partial charge in [-0.05, 0) is 73.3 Å². The van der Waals surface area contributed by atoms with Crippen LogP contribution >= 0.6 is 0 Å². The molecular weight excluding hydrogens is 352 g/mol. The highest BCUT2D eigenvalue weighted by Crippen LogP contribution is 2.31. The van der Waals surface area contributed by atoms with Crippen molar-refractivity contribution in [3.63, 3.8) is 0 Å². The van der Waals surface area contributed by atoms with E-state index in [1.807, 2.05) is 12.5 Å². The van der Waals surface area contributed by atoms with Gasteiger partial charge >= 0.3 is 0 Å². The van der Waals surface area contributed by atoms with E-state index in [9.17, 15) is 0 Å². The zero-order chi connectivity index (χ0) is 22.1. The van der Waals surface area contributed by atoms with Crippen molar-refractivity contribution in [1.29, 1.82) is 0 Å². The molecule has 0 saturated carbocycles. The Bertz CT molecular complexity index is 365. The monoisotopic (exact) mass is 406 g/mol. The Labute approximate surface area is 184 Å². The van der Waals surface area contributed by atoms with E-state index in [-0.39, 0.29) is 0 Å². The van der Waals surface area contributed by atoms with E-state index in [4.69, 9.17) is 4.74 Å². The third kappa shape index (κ3) is 11.3. The second-order valence-electron chi connectivity index (χ2n) is 9.11. The standard InChI is InChI=1S/C28H54O/c1-9-23(10-2)21-27(15-7)25(13-5)17-19-29-20-18-26(14-6)28(16-8)22-24(11-3)12-4/h17-20,23-28H,9-16,21-22H2,1-8H3. The molecule has 0 aromatic heterocycles. The van der Waals surface area contributed by atoms with E-state index in [2.05, 4.69) is 67.5 Å². The molecule has 0 aliphatic carbocycles. The minimum Gasteiger partial charge on any atom is -0.473 e. The van der Waals surface area contributed by atoms with Gasteiger partial charge in [0.05, 0.1) is 12.5 Å². The van der Waals surface area contributed by atoms with Crippen LogP contribution in [-0.2, 0) is 4.74 Å². The lowest BCUT2D eigenvalue weighted by Gasteiger charge is -2.26. The summed E-state index contributed by atoms with van der Waals surface area (Å²) >= 11 is 0. The highest BCUT2D eigenvalue weighted by molar-refractivity contribution is 4.92. The quantitative estimate of drug-likeness (QED) is 0.206. The molecule has 0 fully saturated rings. The minimum absolute atomic E-state index is 0.634. The predicted octanol–water partition coefficient (Wildman–Crippen LogP) is 9.79. The lowest BCUT2D eigenvalue weighted by Crippen LogP contribution is -2.16. The average molecular weight is 407 g/mol. The van der Waals surface area contributed by atoms with Gasteiger partial charge in [-0.1, -0.05) is 93.9 Å². The fraction of sp³-hybridized carbons (Fsp3) is 0.857. The Morgan fingerprint density at radius 2 is 0.828 bits per heavy atom. The molecule has 0 aliphatic heterocycles. The van der Waals surface area contributed by atoms with E-state index in [1.54, 1.807) is 0 Å². The number of rotatable bonds is 18. The molecular formula is C28H54O. The summed E-state index contributed by atoms with van der Waals surface area (Å²) in [4.78, 5) is 0. The van der Waals surface area contributed by atoms with Crippen molar-refractivity contribution < 1.29 is 4.74 Å². The zero-order valence-electron chi connectivity index (χ0n) is 21.3. The fourth-order valence-electron chi connectivity index (χ4n) is 4.98. The molecule has 4 atom stereocenters. The van der Waals surface area contributed by atoms with Crippen LogP contribution in [0, 0.1) is 35.5 Å². The third-order valence-corrected chi connectivity index (χ3v) is 7.59. The maximum atomic E-state index is 5.84. The van der Waals surface area contributed by atoms with E-state index >= 15 is 0 Å². The molecule has 0 aliphatic rings. The first kappa shape index (κ1) is 28.3. The van der Waals surface area contributed by atoms with Crippen LogP contribution in [-0.4, -0.2) is 0 Å². The fourth-order valence-corrected chi connectivity index (χ4v) is 4.98. The Morgan fingerprint density at radius 1 is 0.483 bits per heavy atom. The van der Waals surface area contributed by atoms with Crippen molar-refractivity contribution in [1.82, 2.24) is 0 Å². The molecule has 0 spiro atoms. The predicted molar refractivity (Wildman–Crippen MR) is 132 cm³/mol. The summed E-state index contributed by atoms with van der Waals surface area (Å²) < 4.78 is 5.84. The van der Waals surface area contributed by atoms with Crippen molar-refractivity contribution in [2.75, 3.05) is 0 Å². The van der Waals surface area contributed by atoms with Crippen LogP contribution in [0.15, 0.2) is 24.7 Å². The molecule has 0 amide bonds. The molecule has 29 heavy (non-hydrogen) atoms. The second kappa shape index (κ2) is 18.1. The van der Waals surface area contributed by atoms with Crippen LogP contribution in [0.3, 0.4) is 0 Å². The van der Waals surface area contributed by atoms with Crippen LogP contribution in [0.2, 0.25) is 0 Å². The Morgan fingerprint density at radius 3 is 1.07 bits per heavy atom. The summed E-state index contributed by atoms with van der Waals surface area (Å²) in [6.45, 7) is 18.7. The summed E-state index contributed by atoms with van der Waals surface area (Å²) in [5, 5.41) is 0. The van der Waals surface area contributed by atoms with Crippen LogP contribution < -0.4 is 0 Å². The van der Waals surface area contributed by atoms with Crippen LogP contribution in [0.25, 0.3) is 0 Å². The zero-order valence-corrected chi connectivity index (χ0v) is 21.3. The molecule has 0 heterocycles. The molecule has 0 rings (SSSR count). The summed E-state index contributed by atoms with van der Waals surface area (Å²) in [6, 6.07) is 0. The van der Waals surface area contributed by atoms with Gasteiger partial charge in [0.2, 0.25) is 0 Å². The summed E-state index contributed by atoms with van der Waals surface area (Å²) in [5.74, 6) is 4.57. The smallest absolute Gasteiger partial charge is 0.0864 e. The molecule has 0 bridgehead atoms. The highest BCUT2D eigenvalue weighted by Gasteiger charge is 2.20. The molecule has 0 saturated heterocycles. The topological polar surface area (TPSA) is 9.23 Å². The maximum Gasteiger partial charge on any atom is 0.0864 e. The first-order valence-corrected chi connectivity index (χ1v) is 13.0. The van der Waals surface area contributed by atoms with Crippen molar-refractivity contribution in [2.24, 2.45) is 35.5 Å². The van der Waals surface area contributed by atoms with Gasteiger partial charge in [-0.3, -0.25) is 0 Å². The molecule has 172 valence electrons. The molecule has 1 nitrogen and oxygen atoms in total. The largest absolute Gasteiger partial charge is 0.473 e. The Hall–Kier alpha value is -0.720. The van der Waals surface area contributed by atoms with Crippen molar-refractivity contribution in [3.05, 3.63) is 24.7 Å². The summed E-state index contributed by atoms with van der Waals surface area (Å²) in [5.41, 5.74) is 0. The van der Waals surface area contributed by atoms with E-state index in [0.29, 0.717) is 11.8 Å². The number of ether oxygens (including phenoxy) is 1. The minimum atomic E-state index is 0.634. The molecule has 0 aromatic carbocycles. The lowest BCUT2D eigenvalue weighted by atomic mass is 9.80. The lowest BCUT2D eigenvalue weighted by molar-refractivity contribution is 0.271. The van der Waals surface area contributed by atoms with Gasteiger partial charge < -0.3 is 4.74 Å². The van der Waals surface area contributed by atoms with Gasteiger partial charge in [-0.25, -0.2) is 0 Å². The highest BCUT2D eigenvalue weighted by atomic mass is 16.5. The van der Waals surface area contributed by atoms with E-state index < -0.39 is 0 Å². The van der Waals surface area contributed by atoms with Gasteiger partial charge in [0.25, 0.3) is 0 Å². The van der Waals surface area contributed by atoms with Gasteiger partial charge in [0.15, 0.2) is 0 Å². The summed E-state index contributed by atoms with van der Waals surface area (Å²) in [6.07, 6.45) is 21.4. The Kier molecular flexibility index (Phi) is 17.6. The van der Waals surface area contributed by atoms with Crippen LogP contribution in [0.4, 0.5) is 0 Å². The SMILES string of the molecule is CCC(CC)CC(CC)C(C=COC=CC(CC)C(CC)CC(CC)CC)CC. The van der Waals surface area contributed by atoms with Crippen molar-refractivity contribution in [2.45, 2.75) is 120 Å². The second-order valence-corrected chi connectivity index (χ2v) is 9.11. The van der Waals surface area contributed by atoms with E-state index in [0.717, 1.165) is 23.7 Å². The Balaban J connectivity index is 4.78. The van der Waals surface area contributed by atoms with Crippen LogP contribution in [0.5, 0.6) is 0 Å². The van der Waals surface area contributed by atoms with Gasteiger partial charge in [-0.2, -0.15) is 0 Å². The van der Waals surface area contributed by atoms with Gasteiger partial charge in [0.1, 0.15) is 0 Å². The van der Waals surface area contributed by atoms with E-state index in [1.165, 1.54) is 64.2 Å². The summed E-state index contributed by atoms with van der Waals surface area (Å²) in [7, 11) is 0. The van der Waals surface area contributed by atoms with Crippen molar-refractivity contribution >= 4 is 0 Å². The van der Waals surface area contributed by atoms with Gasteiger partial charge in [0, 0.05) is 0 Å². The molecule has 4 unspecified atom stereocenters.